The molecule has 1 saturated heterocycles. The van der Waals surface area contributed by atoms with Crippen molar-refractivity contribution >= 4 is 21.6 Å². The van der Waals surface area contributed by atoms with E-state index in [1.165, 1.54) is 55.2 Å². The largest absolute Gasteiger partial charge is 0.350 e. The average Bonchev–Trinajstić information content (AvgIpc) is 2.88. The summed E-state index contributed by atoms with van der Waals surface area (Å²) in [6.45, 7) is 4.73. The first kappa shape index (κ1) is 25.9. The van der Waals surface area contributed by atoms with Crippen molar-refractivity contribution in [3.63, 3.8) is 0 Å². The molecule has 0 atom stereocenters. The Kier molecular flexibility index (Phi) is 8.38. The summed E-state index contributed by atoms with van der Waals surface area (Å²) in [7, 11) is -4.16. The lowest BCUT2D eigenvalue weighted by Gasteiger charge is -2.26. The Morgan fingerprint density at radius 1 is 0.917 bits per heavy atom. The second-order valence-corrected chi connectivity index (χ2v) is 11.1. The summed E-state index contributed by atoms with van der Waals surface area (Å²) in [6, 6.07) is 19.9. The van der Waals surface area contributed by atoms with E-state index in [9.17, 15) is 17.6 Å². The van der Waals surface area contributed by atoms with E-state index in [0.29, 0.717) is 0 Å². The minimum atomic E-state index is -4.16. The van der Waals surface area contributed by atoms with E-state index in [0.717, 1.165) is 35.1 Å². The molecule has 0 spiro atoms. The number of halogens is 1. The van der Waals surface area contributed by atoms with Crippen LogP contribution in [0.4, 0.5) is 10.1 Å². The molecule has 0 radical (unpaired) electrons. The minimum Gasteiger partial charge on any atom is -0.350 e. The highest BCUT2D eigenvalue weighted by molar-refractivity contribution is 7.92. The van der Waals surface area contributed by atoms with Gasteiger partial charge in [0.05, 0.1) is 10.6 Å². The fourth-order valence-corrected chi connectivity index (χ4v) is 5.75. The molecule has 0 unspecified atom stereocenters. The molecule has 0 saturated carbocycles. The molecule has 3 aromatic carbocycles. The van der Waals surface area contributed by atoms with Gasteiger partial charge in [0.15, 0.2) is 0 Å². The van der Waals surface area contributed by atoms with Gasteiger partial charge in [0.2, 0.25) is 5.91 Å². The molecule has 0 bridgehead atoms. The smallest absolute Gasteiger partial charge is 0.264 e. The van der Waals surface area contributed by atoms with Gasteiger partial charge in [0.25, 0.3) is 10.0 Å². The van der Waals surface area contributed by atoms with Crippen molar-refractivity contribution in [3.8, 4) is 0 Å². The SMILES string of the molecule is Cc1ccc(S(=O)(=O)N(CC(=O)NCc2ccc(CN3CCCCC3)cc2)c2ccccc2F)cc1. The molecule has 0 aliphatic carbocycles. The third-order valence-electron chi connectivity index (χ3n) is 6.38. The standard InChI is InChI=1S/C28H32FN3O3S/c1-22-9-15-25(16-10-22)36(34,35)32(27-8-4-3-7-26(27)29)21-28(33)30-19-23-11-13-24(14-12-23)20-31-17-5-2-6-18-31/h3-4,7-16H,2,5-6,17-21H2,1H3,(H,30,33). The maximum absolute atomic E-state index is 14.6. The minimum absolute atomic E-state index is 0.00607. The van der Waals surface area contributed by atoms with Gasteiger partial charge in [-0.15, -0.1) is 0 Å². The molecule has 8 heteroatoms. The van der Waals surface area contributed by atoms with Crippen LogP contribution in [-0.2, 0) is 27.9 Å². The van der Waals surface area contributed by atoms with E-state index in [1.807, 2.05) is 19.1 Å². The topological polar surface area (TPSA) is 69.7 Å². The molecule has 3 aromatic rings. The molecule has 4 rings (SSSR count). The monoisotopic (exact) mass is 509 g/mol. The summed E-state index contributed by atoms with van der Waals surface area (Å²) in [5.41, 5.74) is 2.85. The number of piperidine rings is 1. The zero-order valence-corrected chi connectivity index (χ0v) is 21.3. The van der Waals surface area contributed by atoms with E-state index < -0.39 is 28.3 Å². The van der Waals surface area contributed by atoms with E-state index in [4.69, 9.17) is 0 Å². The molecular formula is C28H32FN3O3S. The summed E-state index contributed by atoms with van der Waals surface area (Å²) in [5, 5.41) is 2.77. The molecule has 1 N–H and O–H groups in total. The van der Waals surface area contributed by atoms with E-state index in [2.05, 4.69) is 22.3 Å². The fourth-order valence-electron chi connectivity index (χ4n) is 4.32. The predicted octanol–water partition coefficient (Wildman–Crippen LogP) is 4.63. The maximum atomic E-state index is 14.6. The lowest BCUT2D eigenvalue weighted by Crippen LogP contribution is -2.41. The first-order valence-electron chi connectivity index (χ1n) is 12.2. The van der Waals surface area contributed by atoms with Gasteiger partial charge in [-0.2, -0.15) is 0 Å². The highest BCUT2D eigenvalue weighted by Gasteiger charge is 2.29. The molecule has 6 nitrogen and oxygen atoms in total. The first-order valence-corrected chi connectivity index (χ1v) is 13.7. The van der Waals surface area contributed by atoms with Crippen LogP contribution in [0.2, 0.25) is 0 Å². The van der Waals surface area contributed by atoms with Crippen LogP contribution in [0.3, 0.4) is 0 Å². The number of aryl methyl sites for hydroxylation is 1. The van der Waals surface area contributed by atoms with Gasteiger partial charge in [-0.25, -0.2) is 12.8 Å². The molecule has 190 valence electrons. The lowest BCUT2D eigenvalue weighted by molar-refractivity contribution is -0.119. The number of nitrogens with one attached hydrogen (secondary N) is 1. The zero-order valence-electron chi connectivity index (χ0n) is 20.5. The van der Waals surface area contributed by atoms with Gasteiger partial charge in [-0.05, 0) is 68.2 Å². The van der Waals surface area contributed by atoms with E-state index >= 15 is 0 Å². The Morgan fingerprint density at radius 3 is 2.22 bits per heavy atom. The van der Waals surface area contributed by atoms with E-state index in [-0.39, 0.29) is 17.1 Å². The van der Waals surface area contributed by atoms with Crippen molar-refractivity contribution in [2.45, 2.75) is 44.2 Å². The quantitative estimate of drug-likeness (QED) is 0.457. The van der Waals surface area contributed by atoms with Crippen LogP contribution in [-0.4, -0.2) is 38.9 Å². The number of carbonyl (C=O) groups excluding carboxylic acids is 1. The lowest BCUT2D eigenvalue weighted by atomic mass is 10.1. The number of anilines is 1. The maximum Gasteiger partial charge on any atom is 0.264 e. The third-order valence-corrected chi connectivity index (χ3v) is 8.16. The first-order chi connectivity index (χ1) is 17.3. The number of rotatable bonds is 9. The van der Waals surface area contributed by atoms with Gasteiger partial charge in [-0.3, -0.25) is 14.0 Å². The van der Waals surface area contributed by atoms with Crippen LogP contribution >= 0.6 is 0 Å². The highest BCUT2D eigenvalue weighted by Crippen LogP contribution is 2.26. The van der Waals surface area contributed by atoms with Crippen molar-refractivity contribution in [2.24, 2.45) is 0 Å². The van der Waals surface area contributed by atoms with Gasteiger partial charge in [-0.1, -0.05) is 60.5 Å². The van der Waals surface area contributed by atoms with Crippen molar-refractivity contribution < 1.29 is 17.6 Å². The number of benzene rings is 3. The molecule has 36 heavy (non-hydrogen) atoms. The number of hydrogen-bond donors (Lipinski definition) is 1. The predicted molar refractivity (Wildman–Crippen MR) is 140 cm³/mol. The summed E-state index contributed by atoms with van der Waals surface area (Å²) in [5.74, 6) is -1.24. The second-order valence-electron chi connectivity index (χ2n) is 9.21. The Labute approximate surface area is 212 Å². The molecule has 1 aliphatic rings. The van der Waals surface area contributed by atoms with Crippen LogP contribution in [0.25, 0.3) is 0 Å². The number of likely N-dealkylation sites (tertiary alicyclic amines) is 1. The Morgan fingerprint density at radius 2 is 1.56 bits per heavy atom. The van der Waals surface area contributed by atoms with Crippen molar-refractivity contribution in [2.75, 3.05) is 23.9 Å². The van der Waals surface area contributed by atoms with Crippen molar-refractivity contribution in [1.82, 2.24) is 10.2 Å². The number of nitrogens with zero attached hydrogens (tertiary/aromatic N) is 2. The fraction of sp³-hybridized carbons (Fsp3) is 0.321. The molecule has 1 amide bonds. The Balaban J connectivity index is 1.44. The van der Waals surface area contributed by atoms with Gasteiger partial charge < -0.3 is 5.32 Å². The van der Waals surface area contributed by atoms with Crippen LogP contribution in [0, 0.1) is 12.7 Å². The Hall–Kier alpha value is -3.23. The van der Waals surface area contributed by atoms with Crippen LogP contribution in [0.5, 0.6) is 0 Å². The molecule has 0 aromatic heterocycles. The molecule has 1 fully saturated rings. The van der Waals surface area contributed by atoms with Gasteiger partial charge in [0, 0.05) is 13.1 Å². The average molecular weight is 510 g/mol. The van der Waals surface area contributed by atoms with Gasteiger partial charge in [0.1, 0.15) is 12.4 Å². The number of sulfonamides is 1. The number of para-hydroxylation sites is 1. The molecular weight excluding hydrogens is 477 g/mol. The van der Waals surface area contributed by atoms with E-state index in [1.54, 1.807) is 18.2 Å². The summed E-state index contributed by atoms with van der Waals surface area (Å²) >= 11 is 0. The summed E-state index contributed by atoms with van der Waals surface area (Å²) in [4.78, 5) is 15.3. The molecule has 1 heterocycles. The van der Waals surface area contributed by atoms with Crippen molar-refractivity contribution in [1.29, 1.82) is 0 Å². The van der Waals surface area contributed by atoms with Crippen molar-refractivity contribution in [3.05, 3.63) is 95.3 Å². The van der Waals surface area contributed by atoms with Gasteiger partial charge >= 0.3 is 0 Å². The number of carbonyl (C=O) groups is 1. The second kappa shape index (κ2) is 11.7. The summed E-state index contributed by atoms with van der Waals surface area (Å²) < 4.78 is 42.2. The summed E-state index contributed by atoms with van der Waals surface area (Å²) in [6.07, 6.45) is 3.79. The zero-order chi connectivity index (χ0) is 25.5. The van der Waals surface area contributed by atoms with Crippen LogP contribution in [0.1, 0.15) is 36.0 Å². The third kappa shape index (κ3) is 6.50. The van der Waals surface area contributed by atoms with Crippen LogP contribution in [0.15, 0.2) is 77.7 Å². The highest BCUT2D eigenvalue weighted by atomic mass is 32.2. The normalized spacial score (nSPS) is 14.4. The Bertz CT molecular complexity index is 1270. The van der Waals surface area contributed by atoms with Crippen LogP contribution < -0.4 is 9.62 Å². The number of amides is 1. The number of hydrogen-bond acceptors (Lipinski definition) is 4. The molecule has 1 aliphatic heterocycles.